The molecule has 0 saturated heterocycles. The number of nitrogens with two attached hydrogens (primary N) is 1. The minimum atomic E-state index is -0.981. The summed E-state index contributed by atoms with van der Waals surface area (Å²) in [5.41, 5.74) is 7.86. The molecule has 0 saturated carbocycles. The van der Waals surface area contributed by atoms with Crippen molar-refractivity contribution < 1.29 is 19.4 Å². The smallest absolute Gasteiger partial charge is 0.327 e. The van der Waals surface area contributed by atoms with Crippen LogP contribution < -0.4 is 5.73 Å². The summed E-state index contributed by atoms with van der Waals surface area (Å²) in [7, 11) is 1.34. The molecule has 0 fully saturated rings. The van der Waals surface area contributed by atoms with Gasteiger partial charge in [-0.25, -0.2) is 9.78 Å². The Bertz CT molecular complexity index is 753. The number of nitrogens with zero attached hydrogens (tertiary/aromatic N) is 3. The van der Waals surface area contributed by atoms with Crippen molar-refractivity contribution in [1.29, 1.82) is 0 Å². The number of carboxylic acids is 1. The molecule has 0 bridgehead atoms. The van der Waals surface area contributed by atoms with Crippen LogP contribution in [0.2, 0.25) is 0 Å². The van der Waals surface area contributed by atoms with Crippen LogP contribution in [-0.2, 0) is 27.3 Å². The van der Waals surface area contributed by atoms with Crippen LogP contribution >= 0.6 is 0 Å². The van der Waals surface area contributed by atoms with E-state index in [1.165, 1.54) is 32.3 Å². The zero-order chi connectivity index (χ0) is 25.6. The normalized spacial score (nSPS) is 10.3. The van der Waals surface area contributed by atoms with E-state index < -0.39 is 18.0 Å². The molecule has 1 aromatic heterocycles. The molecule has 1 atom stereocenters. The molecule has 0 radical (unpaired) electrons. The maximum absolute atomic E-state index is 11.3. The predicted octanol–water partition coefficient (Wildman–Crippen LogP) is 3.61. The van der Waals surface area contributed by atoms with Crippen molar-refractivity contribution in [2.75, 3.05) is 26.7 Å². The van der Waals surface area contributed by atoms with E-state index in [9.17, 15) is 9.59 Å². The highest BCUT2D eigenvalue weighted by molar-refractivity contribution is 5.78. The van der Waals surface area contributed by atoms with Gasteiger partial charge in [-0.3, -0.25) is 4.79 Å². The second kappa shape index (κ2) is 20.9. The molecular formula is C25H42N4O4. The maximum Gasteiger partial charge on any atom is 0.327 e. The molecule has 0 aliphatic carbocycles. The Balaban J connectivity index is 0. The Kier molecular flexibility index (Phi) is 20.4. The predicted molar refractivity (Wildman–Crippen MR) is 134 cm³/mol. The SMILES string of the molecule is C=CC(=O)O.CC.CCN(CC)CC.COC(=O)[C@@H](N)Cc1cncn1Cc1ccccc1. The highest BCUT2D eigenvalue weighted by atomic mass is 16.5. The van der Waals surface area contributed by atoms with Crippen molar-refractivity contribution in [2.24, 2.45) is 5.73 Å². The fourth-order valence-corrected chi connectivity index (χ4v) is 2.57. The molecule has 33 heavy (non-hydrogen) atoms. The number of aliphatic carboxylic acids is 1. The van der Waals surface area contributed by atoms with Gasteiger partial charge in [-0.15, -0.1) is 0 Å². The number of rotatable bonds is 9. The van der Waals surface area contributed by atoms with Crippen molar-refractivity contribution in [1.82, 2.24) is 14.5 Å². The number of carbonyl (C=O) groups is 2. The first-order valence-electron chi connectivity index (χ1n) is 11.3. The molecule has 0 spiro atoms. The van der Waals surface area contributed by atoms with E-state index in [-0.39, 0.29) is 0 Å². The second-order valence-corrected chi connectivity index (χ2v) is 6.49. The highest BCUT2D eigenvalue weighted by Gasteiger charge is 2.16. The van der Waals surface area contributed by atoms with Crippen LogP contribution in [0.3, 0.4) is 0 Å². The van der Waals surface area contributed by atoms with Gasteiger partial charge < -0.3 is 25.0 Å². The van der Waals surface area contributed by atoms with Crippen LogP contribution in [0.15, 0.2) is 55.5 Å². The van der Waals surface area contributed by atoms with Crippen LogP contribution in [-0.4, -0.2) is 64.3 Å². The number of carbonyl (C=O) groups excluding carboxylic acids is 1. The van der Waals surface area contributed by atoms with Gasteiger partial charge in [-0.05, 0) is 25.2 Å². The first-order chi connectivity index (χ1) is 15.8. The third kappa shape index (κ3) is 15.5. The number of benzene rings is 1. The van der Waals surface area contributed by atoms with E-state index >= 15 is 0 Å². The number of imidazole rings is 1. The molecule has 186 valence electrons. The van der Waals surface area contributed by atoms with Crippen LogP contribution in [0.4, 0.5) is 0 Å². The largest absolute Gasteiger partial charge is 0.478 e. The van der Waals surface area contributed by atoms with Crippen LogP contribution in [0.25, 0.3) is 0 Å². The summed E-state index contributed by atoms with van der Waals surface area (Å²) in [6, 6.07) is 9.40. The Labute approximate surface area is 199 Å². The summed E-state index contributed by atoms with van der Waals surface area (Å²) in [5.74, 6) is -1.39. The zero-order valence-corrected chi connectivity index (χ0v) is 21.0. The molecule has 0 amide bonds. The molecule has 8 nitrogen and oxygen atoms in total. The summed E-state index contributed by atoms with van der Waals surface area (Å²) < 4.78 is 6.61. The molecular weight excluding hydrogens is 420 g/mol. The van der Waals surface area contributed by atoms with Gasteiger partial charge in [0.25, 0.3) is 0 Å². The first-order valence-corrected chi connectivity index (χ1v) is 11.3. The molecule has 8 heteroatoms. The van der Waals surface area contributed by atoms with Gasteiger partial charge in [0.05, 0.1) is 13.4 Å². The van der Waals surface area contributed by atoms with Gasteiger partial charge in [-0.2, -0.15) is 0 Å². The van der Waals surface area contributed by atoms with E-state index in [2.05, 4.69) is 42.0 Å². The standard InChI is InChI=1S/C14H17N3O2.C6H15N.C3H4O2.C2H6/c1-19-14(18)13(15)7-12-8-16-10-17(12)9-11-5-3-2-4-6-11;1-4-7(5-2)6-3;1-2-3(4)5;1-2/h2-6,8,10,13H,7,9,15H2,1H3;4-6H2,1-3H3;2H,1H2,(H,4,5);1-2H3/t13-;;;/m0.../s1. The lowest BCUT2D eigenvalue weighted by Gasteiger charge is -2.13. The Morgan fingerprint density at radius 3 is 2.09 bits per heavy atom. The van der Waals surface area contributed by atoms with E-state index in [1.807, 2.05) is 48.7 Å². The third-order valence-electron chi connectivity index (χ3n) is 4.44. The number of hydrogen-bond donors (Lipinski definition) is 2. The van der Waals surface area contributed by atoms with Crippen LogP contribution in [0.1, 0.15) is 45.9 Å². The van der Waals surface area contributed by atoms with Crippen molar-refractivity contribution in [3.63, 3.8) is 0 Å². The molecule has 2 aromatic rings. The monoisotopic (exact) mass is 462 g/mol. The average Bonchev–Trinajstić information content (AvgIpc) is 3.28. The van der Waals surface area contributed by atoms with Crippen molar-refractivity contribution in [2.45, 2.75) is 53.6 Å². The number of methoxy groups -OCH3 is 1. The number of carboxylic acid groups (broad SMARTS) is 1. The Hall–Kier alpha value is -2.97. The van der Waals surface area contributed by atoms with E-state index in [1.54, 1.807) is 12.5 Å². The molecule has 1 heterocycles. The lowest BCUT2D eigenvalue weighted by Crippen LogP contribution is -2.34. The Morgan fingerprint density at radius 1 is 1.18 bits per heavy atom. The van der Waals surface area contributed by atoms with Crippen molar-refractivity contribution in [3.05, 3.63) is 66.8 Å². The van der Waals surface area contributed by atoms with Gasteiger partial charge in [-0.1, -0.05) is 71.5 Å². The topological polar surface area (TPSA) is 111 Å². The van der Waals surface area contributed by atoms with Gasteiger partial charge in [0.15, 0.2) is 0 Å². The molecule has 0 aliphatic heterocycles. The number of hydrogen-bond acceptors (Lipinski definition) is 6. The van der Waals surface area contributed by atoms with E-state index in [0.29, 0.717) is 13.0 Å². The fraction of sp³-hybridized carbons (Fsp3) is 0.480. The quantitative estimate of drug-likeness (QED) is 0.433. The van der Waals surface area contributed by atoms with Crippen LogP contribution in [0, 0.1) is 0 Å². The minimum Gasteiger partial charge on any atom is -0.478 e. The summed E-state index contributed by atoms with van der Waals surface area (Å²) in [4.78, 5) is 27.1. The zero-order valence-electron chi connectivity index (χ0n) is 21.0. The summed E-state index contributed by atoms with van der Waals surface area (Å²) in [6.45, 7) is 17.8. The average molecular weight is 463 g/mol. The summed E-state index contributed by atoms with van der Waals surface area (Å²) >= 11 is 0. The highest BCUT2D eigenvalue weighted by Crippen LogP contribution is 2.08. The van der Waals surface area contributed by atoms with Gasteiger partial charge in [0, 0.05) is 30.9 Å². The Morgan fingerprint density at radius 2 is 1.70 bits per heavy atom. The summed E-state index contributed by atoms with van der Waals surface area (Å²) in [5, 5.41) is 7.60. The summed E-state index contributed by atoms with van der Waals surface area (Å²) in [6.07, 6.45) is 4.72. The van der Waals surface area contributed by atoms with Gasteiger partial charge >= 0.3 is 11.9 Å². The molecule has 2 rings (SSSR count). The maximum atomic E-state index is 11.3. The number of esters is 1. The lowest BCUT2D eigenvalue weighted by atomic mass is 10.1. The number of aromatic nitrogens is 2. The molecule has 3 N–H and O–H groups in total. The van der Waals surface area contributed by atoms with E-state index in [0.717, 1.165) is 11.8 Å². The molecule has 0 aliphatic rings. The lowest BCUT2D eigenvalue weighted by molar-refractivity contribution is -0.142. The van der Waals surface area contributed by atoms with Crippen molar-refractivity contribution >= 4 is 11.9 Å². The molecule has 0 unspecified atom stereocenters. The van der Waals surface area contributed by atoms with Crippen LogP contribution in [0.5, 0.6) is 0 Å². The molecule has 1 aromatic carbocycles. The van der Waals surface area contributed by atoms with Gasteiger partial charge in [0.1, 0.15) is 6.04 Å². The second-order valence-electron chi connectivity index (χ2n) is 6.49. The van der Waals surface area contributed by atoms with Gasteiger partial charge in [0.2, 0.25) is 0 Å². The van der Waals surface area contributed by atoms with E-state index in [4.69, 9.17) is 10.8 Å². The van der Waals surface area contributed by atoms with Crippen molar-refractivity contribution in [3.8, 4) is 0 Å². The minimum absolute atomic E-state index is 0.410. The third-order valence-corrected chi connectivity index (χ3v) is 4.44. The number of ether oxygens (including phenoxy) is 1. The fourth-order valence-electron chi connectivity index (χ4n) is 2.57. The first kappa shape index (κ1) is 32.2.